The van der Waals surface area contributed by atoms with Gasteiger partial charge in [0.25, 0.3) is 5.91 Å². The molecule has 1 amide bonds. The third-order valence-electron chi connectivity index (χ3n) is 4.02. The van der Waals surface area contributed by atoms with Gasteiger partial charge in [-0.3, -0.25) is 4.79 Å². The predicted octanol–water partition coefficient (Wildman–Crippen LogP) is 3.56. The average molecular weight is 348 g/mol. The number of hydrogen-bond acceptors (Lipinski definition) is 5. The number of amides is 1. The Balaban J connectivity index is 1.71. The number of benzene rings is 1. The van der Waals surface area contributed by atoms with Crippen molar-refractivity contribution in [1.29, 1.82) is 0 Å². The molecule has 26 heavy (non-hydrogen) atoms. The summed E-state index contributed by atoms with van der Waals surface area (Å²) in [7, 11) is 1.55. The molecule has 3 aromatic heterocycles. The molecule has 0 radical (unpaired) electrons. The number of carbonyl (C=O) groups is 1. The SMILES string of the molecule is COc1ccc(-c2cn3ccc(C)cc3n2)cc1NC(=O)c1ccno1. The molecule has 0 atom stereocenters. The molecule has 0 aliphatic carbocycles. The lowest BCUT2D eigenvalue weighted by atomic mass is 10.1. The van der Waals surface area contributed by atoms with E-state index >= 15 is 0 Å². The maximum atomic E-state index is 12.2. The van der Waals surface area contributed by atoms with Gasteiger partial charge >= 0.3 is 0 Å². The number of nitrogens with zero attached hydrogens (tertiary/aromatic N) is 3. The molecule has 0 bridgehead atoms. The van der Waals surface area contributed by atoms with Gasteiger partial charge in [0.05, 0.1) is 24.7 Å². The maximum Gasteiger partial charge on any atom is 0.294 e. The molecule has 0 spiro atoms. The van der Waals surface area contributed by atoms with Gasteiger partial charge in [0.2, 0.25) is 5.76 Å². The largest absolute Gasteiger partial charge is 0.495 e. The second-order valence-electron chi connectivity index (χ2n) is 5.84. The number of carbonyl (C=O) groups excluding carboxylic acids is 1. The smallest absolute Gasteiger partial charge is 0.294 e. The van der Waals surface area contributed by atoms with Crippen molar-refractivity contribution in [3.05, 3.63) is 66.3 Å². The van der Waals surface area contributed by atoms with E-state index in [0.29, 0.717) is 11.4 Å². The first-order valence-corrected chi connectivity index (χ1v) is 8.00. The lowest BCUT2D eigenvalue weighted by Gasteiger charge is -2.10. The number of imidazole rings is 1. The zero-order chi connectivity index (χ0) is 18.1. The molecule has 0 saturated carbocycles. The highest BCUT2D eigenvalue weighted by Gasteiger charge is 2.15. The quantitative estimate of drug-likeness (QED) is 0.610. The van der Waals surface area contributed by atoms with E-state index in [-0.39, 0.29) is 5.76 Å². The van der Waals surface area contributed by atoms with E-state index < -0.39 is 5.91 Å². The summed E-state index contributed by atoms with van der Waals surface area (Å²) in [5, 5.41) is 6.33. The van der Waals surface area contributed by atoms with Crippen LogP contribution in [-0.2, 0) is 0 Å². The van der Waals surface area contributed by atoms with Crippen LogP contribution in [0.2, 0.25) is 0 Å². The standard InChI is InChI=1S/C19H16N4O3/c1-12-6-8-23-11-15(21-18(23)9-12)13-3-4-16(25-2)14(10-13)22-19(24)17-5-7-20-26-17/h3-11H,1-2H3,(H,22,24). The molecule has 4 aromatic rings. The van der Waals surface area contributed by atoms with E-state index in [0.717, 1.165) is 22.5 Å². The number of pyridine rings is 1. The minimum atomic E-state index is -0.399. The van der Waals surface area contributed by atoms with Crippen molar-refractivity contribution in [2.24, 2.45) is 0 Å². The fourth-order valence-electron chi connectivity index (χ4n) is 2.70. The molecular formula is C19H16N4O3. The van der Waals surface area contributed by atoms with E-state index in [9.17, 15) is 4.79 Å². The highest BCUT2D eigenvalue weighted by atomic mass is 16.5. The summed E-state index contributed by atoms with van der Waals surface area (Å²) in [4.78, 5) is 16.9. The highest BCUT2D eigenvalue weighted by Crippen LogP contribution is 2.31. The second-order valence-corrected chi connectivity index (χ2v) is 5.84. The monoisotopic (exact) mass is 348 g/mol. The number of aryl methyl sites for hydroxylation is 1. The van der Waals surface area contributed by atoms with Crippen LogP contribution in [0.4, 0.5) is 5.69 Å². The Bertz CT molecular complexity index is 1080. The van der Waals surface area contributed by atoms with E-state index in [2.05, 4.69) is 15.5 Å². The molecule has 4 rings (SSSR count). The van der Waals surface area contributed by atoms with Crippen LogP contribution >= 0.6 is 0 Å². The summed E-state index contributed by atoms with van der Waals surface area (Å²) in [6.45, 7) is 2.03. The van der Waals surface area contributed by atoms with E-state index in [1.54, 1.807) is 13.2 Å². The number of anilines is 1. The molecule has 0 fully saturated rings. The summed E-state index contributed by atoms with van der Waals surface area (Å²) < 4.78 is 12.2. The van der Waals surface area contributed by atoms with Gasteiger partial charge in [-0.2, -0.15) is 0 Å². The predicted molar refractivity (Wildman–Crippen MR) is 96.4 cm³/mol. The van der Waals surface area contributed by atoms with Crippen LogP contribution in [-0.4, -0.2) is 27.6 Å². The van der Waals surface area contributed by atoms with Gasteiger partial charge in [-0.1, -0.05) is 5.16 Å². The molecule has 1 aromatic carbocycles. The van der Waals surface area contributed by atoms with Crippen LogP contribution in [0.1, 0.15) is 16.1 Å². The van der Waals surface area contributed by atoms with Crippen molar-refractivity contribution in [3.8, 4) is 17.0 Å². The lowest BCUT2D eigenvalue weighted by molar-refractivity contribution is 0.0987. The molecule has 7 heteroatoms. The van der Waals surface area contributed by atoms with Gasteiger partial charge in [-0.05, 0) is 42.8 Å². The number of ether oxygens (including phenoxy) is 1. The van der Waals surface area contributed by atoms with Gasteiger partial charge in [0, 0.05) is 24.0 Å². The summed E-state index contributed by atoms with van der Waals surface area (Å²) in [5.41, 5.74) is 4.19. The van der Waals surface area contributed by atoms with Crippen molar-refractivity contribution < 1.29 is 14.1 Å². The van der Waals surface area contributed by atoms with Gasteiger partial charge in [0.1, 0.15) is 11.4 Å². The molecule has 7 nitrogen and oxygen atoms in total. The van der Waals surface area contributed by atoms with Crippen molar-refractivity contribution in [1.82, 2.24) is 14.5 Å². The molecule has 3 heterocycles. The molecule has 0 aliphatic rings. The van der Waals surface area contributed by atoms with Gasteiger partial charge in [-0.25, -0.2) is 4.98 Å². The second kappa shape index (κ2) is 6.36. The Labute approximate surface area is 149 Å². The Morgan fingerprint density at radius 1 is 1.23 bits per heavy atom. The summed E-state index contributed by atoms with van der Waals surface area (Å²) in [5.74, 6) is 0.269. The average Bonchev–Trinajstić information content (AvgIpc) is 3.31. The van der Waals surface area contributed by atoms with Crippen LogP contribution in [0.15, 0.2) is 59.5 Å². The number of fused-ring (bicyclic) bond motifs is 1. The topological polar surface area (TPSA) is 81.7 Å². The molecular weight excluding hydrogens is 332 g/mol. The molecule has 0 unspecified atom stereocenters. The minimum Gasteiger partial charge on any atom is -0.495 e. The molecule has 130 valence electrons. The number of rotatable bonds is 4. The van der Waals surface area contributed by atoms with E-state index in [1.807, 2.05) is 48.0 Å². The lowest BCUT2D eigenvalue weighted by Crippen LogP contribution is -2.11. The molecule has 0 saturated heterocycles. The van der Waals surface area contributed by atoms with Gasteiger partial charge in [-0.15, -0.1) is 0 Å². The summed E-state index contributed by atoms with van der Waals surface area (Å²) >= 11 is 0. The number of nitrogens with one attached hydrogen (secondary N) is 1. The zero-order valence-electron chi connectivity index (χ0n) is 14.3. The van der Waals surface area contributed by atoms with Crippen molar-refractivity contribution in [3.63, 3.8) is 0 Å². The number of hydrogen-bond donors (Lipinski definition) is 1. The van der Waals surface area contributed by atoms with Gasteiger partial charge in [0.15, 0.2) is 0 Å². The van der Waals surface area contributed by atoms with Crippen LogP contribution in [0.25, 0.3) is 16.9 Å². The van der Waals surface area contributed by atoms with Crippen LogP contribution in [0, 0.1) is 6.92 Å². The third-order valence-corrected chi connectivity index (χ3v) is 4.02. The van der Waals surface area contributed by atoms with Crippen LogP contribution < -0.4 is 10.1 Å². The third kappa shape index (κ3) is 2.90. The molecule has 1 N–H and O–H groups in total. The Hall–Kier alpha value is -3.61. The Kier molecular flexibility index (Phi) is 3.89. The first kappa shape index (κ1) is 15.9. The van der Waals surface area contributed by atoms with E-state index in [1.165, 1.54) is 12.3 Å². The summed E-state index contributed by atoms with van der Waals surface area (Å²) in [6.07, 6.45) is 5.33. The fraction of sp³-hybridized carbons (Fsp3) is 0.105. The van der Waals surface area contributed by atoms with Crippen molar-refractivity contribution >= 4 is 17.2 Å². The Morgan fingerprint density at radius 2 is 2.12 bits per heavy atom. The fourth-order valence-corrected chi connectivity index (χ4v) is 2.70. The first-order chi connectivity index (χ1) is 12.6. The van der Waals surface area contributed by atoms with Crippen molar-refractivity contribution in [2.45, 2.75) is 6.92 Å². The summed E-state index contributed by atoms with van der Waals surface area (Å²) in [6, 6.07) is 11.0. The van der Waals surface area contributed by atoms with Crippen LogP contribution in [0.3, 0.4) is 0 Å². The maximum absolute atomic E-state index is 12.2. The number of methoxy groups -OCH3 is 1. The zero-order valence-corrected chi connectivity index (χ0v) is 14.3. The Morgan fingerprint density at radius 3 is 2.88 bits per heavy atom. The van der Waals surface area contributed by atoms with E-state index in [4.69, 9.17) is 9.26 Å². The van der Waals surface area contributed by atoms with Crippen molar-refractivity contribution in [2.75, 3.05) is 12.4 Å². The normalized spacial score (nSPS) is 10.8. The number of aromatic nitrogens is 3. The van der Waals surface area contributed by atoms with Gasteiger partial charge < -0.3 is 19.0 Å². The van der Waals surface area contributed by atoms with Crippen LogP contribution in [0.5, 0.6) is 5.75 Å². The first-order valence-electron chi connectivity index (χ1n) is 8.00. The highest BCUT2D eigenvalue weighted by molar-refractivity contribution is 6.03. The molecule has 0 aliphatic heterocycles. The minimum absolute atomic E-state index is 0.126.